The third-order valence-electron chi connectivity index (χ3n) is 2.36. The molecule has 13 heavy (non-hydrogen) atoms. The Hall–Kier alpha value is -0.890. The molecule has 0 radical (unpaired) electrons. The van der Waals surface area contributed by atoms with Crippen molar-refractivity contribution in [2.75, 3.05) is 0 Å². The molecule has 0 aliphatic heterocycles. The standard InChI is InChI=1S/C11H10BrN/c1-7-8(2)13-11(12)10-6-4-3-5-9(7)10/h3-6H,1-2H3. The lowest BCUT2D eigenvalue weighted by molar-refractivity contribution is 1.15. The van der Waals surface area contributed by atoms with Gasteiger partial charge in [-0.25, -0.2) is 4.98 Å². The Kier molecular flexibility index (Phi) is 2.08. The first-order chi connectivity index (χ1) is 6.20. The fourth-order valence-electron chi connectivity index (χ4n) is 1.48. The van der Waals surface area contributed by atoms with E-state index in [0.717, 1.165) is 10.3 Å². The molecule has 0 saturated heterocycles. The second-order valence-electron chi connectivity index (χ2n) is 3.16. The quantitative estimate of drug-likeness (QED) is 0.636. The minimum absolute atomic E-state index is 0.936. The van der Waals surface area contributed by atoms with Gasteiger partial charge in [0.2, 0.25) is 0 Å². The highest BCUT2D eigenvalue weighted by molar-refractivity contribution is 9.10. The summed E-state index contributed by atoms with van der Waals surface area (Å²) < 4.78 is 0.936. The van der Waals surface area contributed by atoms with E-state index in [0.29, 0.717) is 0 Å². The SMILES string of the molecule is Cc1nc(Br)c2ccccc2c1C. The number of fused-ring (bicyclic) bond motifs is 1. The number of pyridine rings is 1. The zero-order chi connectivity index (χ0) is 9.42. The second-order valence-corrected chi connectivity index (χ2v) is 3.91. The molecule has 0 aliphatic rings. The van der Waals surface area contributed by atoms with E-state index < -0.39 is 0 Å². The van der Waals surface area contributed by atoms with E-state index >= 15 is 0 Å². The van der Waals surface area contributed by atoms with Crippen LogP contribution >= 0.6 is 15.9 Å². The molecule has 0 amide bonds. The summed E-state index contributed by atoms with van der Waals surface area (Å²) in [6, 6.07) is 8.30. The third kappa shape index (κ3) is 1.35. The fraction of sp³-hybridized carbons (Fsp3) is 0.182. The van der Waals surface area contributed by atoms with Crippen molar-refractivity contribution in [3.05, 3.63) is 40.1 Å². The van der Waals surface area contributed by atoms with Gasteiger partial charge in [-0.1, -0.05) is 24.3 Å². The molecule has 66 valence electrons. The van der Waals surface area contributed by atoms with Gasteiger partial charge in [0.1, 0.15) is 4.60 Å². The molecule has 0 atom stereocenters. The number of rotatable bonds is 0. The zero-order valence-corrected chi connectivity index (χ0v) is 9.22. The summed E-state index contributed by atoms with van der Waals surface area (Å²) in [6.07, 6.45) is 0. The molecule has 0 spiro atoms. The Morgan fingerprint density at radius 2 is 1.69 bits per heavy atom. The first-order valence-electron chi connectivity index (χ1n) is 4.21. The van der Waals surface area contributed by atoms with Gasteiger partial charge in [-0.2, -0.15) is 0 Å². The Balaban J connectivity index is 2.97. The zero-order valence-electron chi connectivity index (χ0n) is 7.63. The Morgan fingerprint density at radius 3 is 2.38 bits per heavy atom. The lowest BCUT2D eigenvalue weighted by atomic mass is 10.1. The molecular formula is C11H10BrN. The van der Waals surface area contributed by atoms with Crippen molar-refractivity contribution in [1.29, 1.82) is 0 Å². The van der Waals surface area contributed by atoms with Gasteiger partial charge in [-0.05, 0) is 40.7 Å². The maximum atomic E-state index is 4.42. The molecule has 1 aromatic carbocycles. The van der Waals surface area contributed by atoms with E-state index in [1.165, 1.54) is 16.3 Å². The first-order valence-corrected chi connectivity index (χ1v) is 5.01. The topological polar surface area (TPSA) is 12.9 Å². The van der Waals surface area contributed by atoms with Crippen LogP contribution < -0.4 is 0 Å². The number of aryl methyl sites for hydroxylation is 2. The largest absolute Gasteiger partial charge is 0.245 e. The summed E-state index contributed by atoms with van der Waals surface area (Å²) in [6.45, 7) is 4.14. The summed E-state index contributed by atoms with van der Waals surface area (Å²) in [7, 11) is 0. The number of aromatic nitrogens is 1. The van der Waals surface area contributed by atoms with Crippen LogP contribution in [0.2, 0.25) is 0 Å². The van der Waals surface area contributed by atoms with Gasteiger partial charge in [0.05, 0.1) is 0 Å². The first kappa shape index (κ1) is 8.70. The van der Waals surface area contributed by atoms with E-state index in [1.54, 1.807) is 0 Å². The van der Waals surface area contributed by atoms with Gasteiger partial charge >= 0.3 is 0 Å². The normalized spacial score (nSPS) is 10.7. The van der Waals surface area contributed by atoms with Crippen molar-refractivity contribution >= 4 is 26.7 Å². The van der Waals surface area contributed by atoms with E-state index in [9.17, 15) is 0 Å². The van der Waals surface area contributed by atoms with Crippen molar-refractivity contribution < 1.29 is 0 Å². The van der Waals surface area contributed by atoms with Crippen molar-refractivity contribution in [3.63, 3.8) is 0 Å². The number of hydrogen-bond donors (Lipinski definition) is 0. The van der Waals surface area contributed by atoms with E-state index in [4.69, 9.17) is 0 Å². The van der Waals surface area contributed by atoms with Crippen LogP contribution in [0, 0.1) is 13.8 Å². The molecule has 0 bridgehead atoms. The van der Waals surface area contributed by atoms with Crippen molar-refractivity contribution in [3.8, 4) is 0 Å². The predicted octanol–water partition coefficient (Wildman–Crippen LogP) is 3.61. The van der Waals surface area contributed by atoms with Gasteiger partial charge in [-0.15, -0.1) is 0 Å². The third-order valence-corrected chi connectivity index (χ3v) is 2.97. The lowest BCUT2D eigenvalue weighted by Crippen LogP contribution is -1.90. The van der Waals surface area contributed by atoms with Crippen LogP contribution in [0.25, 0.3) is 10.8 Å². The summed E-state index contributed by atoms with van der Waals surface area (Å²) in [5.74, 6) is 0. The van der Waals surface area contributed by atoms with Crippen LogP contribution in [0.4, 0.5) is 0 Å². The fourth-order valence-corrected chi connectivity index (χ4v) is 2.09. The molecule has 2 rings (SSSR count). The van der Waals surface area contributed by atoms with Crippen molar-refractivity contribution in [2.24, 2.45) is 0 Å². The van der Waals surface area contributed by atoms with Crippen LogP contribution in [-0.4, -0.2) is 4.98 Å². The summed E-state index contributed by atoms with van der Waals surface area (Å²) in [5.41, 5.74) is 2.35. The summed E-state index contributed by atoms with van der Waals surface area (Å²) >= 11 is 3.47. The van der Waals surface area contributed by atoms with Gasteiger partial charge in [0, 0.05) is 11.1 Å². The van der Waals surface area contributed by atoms with Crippen LogP contribution in [0.15, 0.2) is 28.9 Å². The Bertz CT molecular complexity index is 463. The molecule has 1 aromatic heterocycles. The van der Waals surface area contributed by atoms with Crippen molar-refractivity contribution in [1.82, 2.24) is 4.98 Å². The predicted molar refractivity (Wildman–Crippen MR) is 58.9 cm³/mol. The molecule has 0 aliphatic carbocycles. The van der Waals surface area contributed by atoms with Gasteiger partial charge in [-0.3, -0.25) is 0 Å². The van der Waals surface area contributed by atoms with Crippen LogP contribution in [0.5, 0.6) is 0 Å². The highest BCUT2D eigenvalue weighted by Gasteiger charge is 2.04. The molecule has 1 heterocycles. The Labute approximate surface area is 85.9 Å². The minimum atomic E-state index is 0.936. The van der Waals surface area contributed by atoms with Crippen LogP contribution in [0.3, 0.4) is 0 Å². The number of hydrogen-bond acceptors (Lipinski definition) is 1. The maximum Gasteiger partial charge on any atom is 0.114 e. The Morgan fingerprint density at radius 1 is 1.08 bits per heavy atom. The number of nitrogens with zero attached hydrogens (tertiary/aromatic N) is 1. The van der Waals surface area contributed by atoms with Crippen LogP contribution in [-0.2, 0) is 0 Å². The maximum absolute atomic E-state index is 4.42. The molecule has 1 nitrogen and oxygen atoms in total. The number of halogens is 1. The smallest absolute Gasteiger partial charge is 0.114 e. The summed E-state index contributed by atoms with van der Waals surface area (Å²) in [5, 5.41) is 2.47. The van der Waals surface area contributed by atoms with E-state index in [1.807, 2.05) is 13.0 Å². The lowest BCUT2D eigenvalue weighted by Gasteiger charge is -2.06. The van der Waals surface area contributed by atoms with Gasteiger partial charge in [0.15, 0.2) is 0 Å². The average molecular weight is 236 g/mol. The molecule has 2 aromatic rings. The van der Waals surface area contributed by atoms with Crippen molar-refractivity contribution in [2.45, 2.75) is 13.8 Å². The summed E-state index contributed by atoms with van der Waals surface area (Å²) in [4.78, 5) is 4.42. The highest BCUT2D eigenvalue weighted by atomic mass is 79.9. The molecular weight excluding hydrogens is 226 g/mol. The van der Waals surface area contributed by atoms with E-state index in [-0.39, 0.29) is 0 Å². The molecule has 0 unspecified atom stereocenters. The number of benzene rings is 1. The monoisotopic (exact) mass is 235 g/mol. The molecule has 2 heteroatoms. The van der Waals surface area contributed by atoms with Crippen LogP contribution in [0.1, 0.15) is 11.3 Å². The minimum Gasteiger partial charge on any atom is -0.245 e. The molecule has 0 fully saturated rings. The second kappa shape index (κ2) is 3.11. The molecule has 0 saturated carbocycles. The van der Waals surface area contributed by atoms with E-state index in [2.05, 4.69) is 46.0 Å². The van der Waals surface area contributed by atoms with Gasteiger partial charge < -0.3 is 0 Å². The molecule has 0 N–H and O–H groups in total. The highest BCUT2D eigenvalue weighted by Crippen LogP contribution is 2.25. The van der Waals surface area contributed by atoms with Gasteiger partial charge in [0.25, 0.3) is 0 Å². The average Bonchev–Trinajstić information content (AvgIpc) is 2.15.